The van der Waals surface area contributed by atoms with Crippen LogP contribution in [0.4, 0.5) is 0 Å². The average molecular weight is 322 g/mol. The Bertz CT molecular complexity index is 405. The third-order valence-electron chi connectivity index (χ3n) is 2.88. The van der Waals surface area contributed by atoms with E-state index in [1.807, 2.05) is 0 Å². The number of benzene rings is 1. The van der Waals surface area contributed by atoms with Crippen molar-refractivity contribution in [2.75, 3.05) is 13.7 Å². The fraction of sp³-hybridized carbons (Fsp3) is 0.500. The first-order valence-electron chi connectivity index (χ1n) is 5.46. The van der Waals surface area contributed by atoms with Crippen molar-refractivity contribution < 1.29 is 14.6 Å². The van der Waals surface area contributed by atoms with E-state index in [0.717, 1.165) is 17.3 Å². The van der Waals surface area contributed by atoms with Crippen molar-refractivity contribution in [2.45, 2.75) is 25.0 Å². The summed E-state index contributed by atoms with van der Waals surface area (Å²) in [6.07, 6.45) is 0.956. The lowest BCUT2D eigenvalue weighted by atomic mass is 10.0. The van der Waals surface area contributed by atoms with Gasteiger partial charge in [0.15, 0.2) is 0 Å². The average Bonchev–Trinajstić information content (AvgIpc) is 2.80. The standard InChI is InChI=1S/C12H14BrClO3/c1-16-12-8(5-7(14)6-9(12)13)11(15)10-3-2-4-17-10/h5-6,10-11,15H,2-4H2,1H3. The van der Waals surface area contributed by atoms with Crippen LogP contribution in [0.15, 0.2) is 16.6 Å². The molecule has 1 N–H and O–H groups in total. The van der Waals surface area contributed by atoms with Gasteiger partial charge in [0.25, 0.3) is 0 Å². The van der Waals surface area contributed by atoms with Crippen molar-refractivity contribution in [3.05, 3.63) is 27.2 Å². The number of ether oxygens (including phenoxy) is 2. The summed E-state index contributed by atoms with van der Waals surface area (Å²) in [7, 11) is 1.57. The minimum atomic E-state index is -0.706. The van der Waals surface area contributed by atoms with Gasteiger partial charge in [0.05, 0.1) is 17.7 Å². The summed E-state index contributed by atoms with van der Waals surface area (Å²) >= 11 is 9.37. The molecule has 3 nitrogen and oxygen atoms in total. The van der Waals surface area contributed by atoms with E-state index in [4.69, 9.17) is 21.1 Å². The van der Waals surface area contributed by atoms with E-state index >= 15 is 0 Å². The molecule has 0 amide bonds. The quantitative estimate of drug-likeness (QED) is 0.928. The minimum absolute atomic E-state index is 0.172. The van der Waals surface area contributed by atoms with Gasteiger partial charge in [-0.2, -0.15) is 0 Å². The monoisotopic (exact) mass is 320 g/mol. The second-order valence-corrected chi connectivity index (χ2v) is 5.30. The van der Waals surface area contributed by atoms with Crippen molar-refractivity contribution in [3.8, 4) is 5.75 Å². The van der Waals surface area contributed by atoms with Crippen molar-refractivity contribution in [3.63, 3.8) is 0 Å². The molecule has 2 rings (SSSR count). The molecule has 0 aromatic heterocycles. The summed E-state index contributed by atoms with van der Waals surface area (Å²) in [6.45, 7) is 0.700. The Balaban J connectivity index is 2.35. The molecule has 1 aliphatic heterocycles. The molecule has 0 aliphatic carbocycles. The molecule has 94 valence electrons. The summed E-state index contributed by atoms with van der Waals surface area (Å²) < 4.78 is 11.5. The van der Waals surface area contributed by atoms with Crippen LogP contribution in [0.5, 0.6) is 5.75 Å². The number of aliphatic hydroxyl groups excluding tert-OH is 1. The predicted octanol–water partition coefficient (Wildman–Crippen LogP) is 3.32. The highest BCUT2D eigenvalue weighted by Gasteiger charge is 2.28. The number of methoxy groups -OCH3 is 1. The number of rotatable bonds is 3. The lowest BCUT2D eigenvalue weighted by molar-refractivity contribution is -0.00367. The lowest BCUT2D eigenvalue weighted by Crippen LogP contribution is -2.18. The van der Waals surface area contributed by atoms with Gasteiger partial charge in [0, 0.05) is 17.2 Å². The molecule has 17 heavy (non-hydrogen) atoms. The molecule has 1 aromatic rings. The van der Waals surface area contributed by atoms with E-state index in [2.05, 4.69) is 15.9 Å². The Morgan fingerprint density at radius 3 is 2.94 bits per heavy atom. The smallest absolute Gasteiger partial charge is 0.139 e. The Labute approximate surface area is 114 Å². The molecular formula is C12H14BrClO3. The normalized spacial score (nSPS) is 21.5. The largest absolute Gasteiger partial charge is 0.495 e. The molecule has 0 bridgehead atoms. The summed E-state index contributed by atoms with van der Waals surface area (Å²) in [5, 5.41) is 10.9. The Morgan fingerprint density at radius 1 is 1.59 bits per heavy atom. The van der Waals surface area contributed by atoms with Crippen LogP contribution in [-0.2, 0) is 4.74 Å². The summed E-state index contributed by atoms with van der Waals surface area (Å²) in [5.41, 5.74) is 0.666. The van der Waals surface area contributed by atoms with E-state index in [1.165, 1.54) is 0 Å². The van der Waals surface area contributed by atoms with Gasteiger partial charge in [-0.15, -0.1) is 0 Å². The Kier molecular flexibility index (Phi) is 4.31. The van der Waals surface area contributed by atoms with E-state index in [1.54, 1.807) is 19.2 Å². The van der Waals surface area contributed by atoms with Gasteiger partial charge in [0.2, 0.25) is 0 Å². The first-order chi connectivity index (χ1) is 8.13. The molecule has 1 fully saturated rings. The fourth-order valence-corrected chi connectivity index (χ4v) is 3.06. The van der Waals surface area contributed by atoms with Crippen LogP contribution in [0.25, 0.3) is 0 Å². The van der Waals surface area contributed by atoms with Gasteiger partial charge in [0.1, 0.15) is 11.9 Å². The maximum atomic E-state index is 10.3. The first kappa shape index (κ1) is 13.1. The maximum absolute atomic E-state index is 10.3. The van der Waals surface area contributed by atoms with Crippen LogP contribution in [0.1, 0.15) is 24.5 Å². The Hall–Kier alpha value is -0.290. The van der Waals surface area contributed by atoms with Gasteiger partial charge in [-0.05, 0) is 40.9 Å². The molecule has 1 saturated heterocycles. The molecule has 0 spiro atoms. The summed E-state index contributed by atoms with van der Waals surface area (Å²) in [5.74, 6) is 0.609. The van der Waals surface area contributed by atoms with Gasteiger partial charge in [-0.3, -0.25) is 0 Å². The third kappa shape index (κ3) is 2.76. The highest BCUT2D eigenvalue weighted by molar-refractivity contribution is 9.10. The maximum Gasteiger partial charge on any atom is 0.139 e. The van der Waals surface area contributed by atoms with E-state index in [-0.39, 0.29) is 6.10 Å². The van der Waals surface area contributed by atoms with Crippen molar-refractivity contribution in [2.24, 2.45) is 0 Å². The van der Waals surface area contributed by atoms with Crippen LogP contribution in [0.2, 0.25) is 5.02 Å². The molecule has 2 unspecified atom stereocenters. The zero-order valence-electron chi connectivity index (χ0n) is 9.45. The second-order valence-electron chi connectivity index (χ2n) is 4.01. The zero-order valence-corrected chi connectivity index (χ0v) is 11.8. The predicted molar refractivity (Wildman–Crippen MR) is 69.6 cm³/mol. The van der Waals surface area contributed by atoms with Gasteiger partial charge < -0.3 is 14.6 Å². The molecule has 1 heterocycles. The van der Waals surface area contributed by atoms with Crippen molar-refractivity contribution in [1.29, 1.82) is 0 Å². The molecular weight excluding hydrogens is 307 g/mol. The van der Waals surface area contributed by atoms with Crippen molar-refractivity contribution >= 4 is 27.5 Å². The lowest BCUT2D eigenvalue weighted by Gasteiger charge is -2.21. The molecule has 0 saturated carbocycles. The molecule has 5 heteroatoms. The van der Waals surface area contributed by atoms with E-state index < -0.39 is 6.10 Å². The molecule has 1 aromatic carbocycles. The number of halogens is 2. The molecule has 0 radical (unpaired) electrons. The first-order valence-corrected chi connectivity index (χ1v) is 6.63. The minimum Gasteiger partial charge on any atom is -0.495 e. The topological polar surface area (TPSA) is 38.7 Å². The van der Waals surface area contributed by atoms with Crippen LogP contribution < -0.4 is 4.74 Å². The van der Waals surface area contributed by atoms with Crippen LogP contribution in [-0.4, -0.2) is 24.9 Å². The van der Waals surface area contributed by atoms with Gasteiger partial charge in [-0.1, -0.05) is 11.6 Å². The number of aliphatic hydroxyl groups is 1. The fourth-order valence-electron chi connectivity index (χ4n) is 2.07. The van der Waals surface area contributed by atoms with E-state index in [9.17, 15) is 5.11 Å². The van der Waals surface area contributed by atoms with Crippen LogP contribution in [0.3, 0.4) is 0 Å². The zero-order chi connectivity index (χ0) is 12.4. The van der Waals surface area contributed by atoms with Crippen LogP contribution >= 0.6 is 27.5 Å². The summed E-state index contributed by atoms with van der Waals surface area (Å²) in [6, 6.07) is 3.46. The highest BCUT2D eigenvalue weighted by Crippen LogP contribution is 2.39. The number of hydrogen-bond acceptors (Lipinski definition) is 3. The third-order valence-corrected chi connectivity index (χ3v) is 3.68. The highest BCUT2D eigenvalue weighted by atomic mass is 79.9. The summed E-state index contributed by atoms with van der Waals surface area (Å²) in [4.78, 5) is 0. The van der Waals surface area contributed by atoms with Crippen LogP contribution in [0, 0.1) is 0 Å². The van der Waals surface area contributed by atoms with Gasteiger partial charge in [-0.25, -0.2) is 0 Å². The van der Waals surface area contributed by atoms with Gasteiger partial charge >= 0.3 is 0 Å². The Morgan fingerprint density at radius 2 is 2.35 bits per heavy atom. The molecule has 1 aliphatic rings. The SMILES string of the molecule is COc1c(Br)cc(Cl)cc1C(O)C1CCCO1. The van der Waals surface area contributed by atoms with E-state index in [0.29, 0.717) is 22.9 Å². The molecule has 2 atom stereocenters. The second kappa shape index (κ2) is 5.57. The number of hydrogen-bond donors (Lipinski definition) is 1. The van der Waals surface area contributed by atoms with Crippen molar-refractivity contribution in [1.82, 2.24) is 0 Å².